The first-order valence-corrected chi connectivity index (χ1v) is 14.8. The first-order valence-electron chi connectivity index (χ1n) is 14.8. The molecule has 1 heterocycles. The van der Waals surface area contributed by atoms with Crippen molar-refractivity contribution in [2.75, 3.05) is 24.7 Å². The zero-order chi connectivity index (χ0) is 26.8. The Morgan fingerprint density at radius 1 is 1.18 bits per heavy atom. The van der Waals surface area contributed by atoms with E-state index in [4.69, 9.17) is 4.74 Å². The maximum Gasteiger partial charge on any atom is 0.156 e. The van der Waals surface area contributed by atoms with Crippen LogP contribution in [0.25, 0.3) is 0 Å². The minimum absolute atomic E-state index is 0.145. The van der Waals surface area contributed by atoms with E-state index in [-0.39, 0.29) is 23.0 Å². The number of fused-ring (bicyclic) bond motifs is 4. The van der Waals surface area contributed by atoms with Gasteiger partial charge in [-0.3, -0.25) is 4.79 Å². The molecule has 4 aliphatic carbocycles. The molecule has 38 heavy (non-hydrogen) atoms. The molecule has 1 aliphatic heterocycles. The smallest absolute Gasteiger partial charge is 0.156 e. The number of allylic oxidation sites excluding steroid dienone is 4. The van der Waals surface area contributed by atoms with Crippen molar-refractivity contribution in [3.05, 3.63) is 52.1 Å². The molecule has 0 bridgehead atoms. The predicted octanol–water partition coefficient (Wildman–Crippen LogP) is 6.12. The summed E-state index contributed by atoms with van der Waals surface area (Å²) < 4.78 is 5.69. The van der Waals surface area contributed by atoms with E-state index in [1.54, 1.807) is 5.57 Å². The molecule has 1 aromatic carbocycles. The second-order valence-corrected chi connectivity index (χ2v) is 12.9. The van der Waals surface area contributed by atoms with Gasteiger partial charge in [-0.2, -0.15) is 0 Å². The molecule has 4 nitrogen and oxygen atoms in total. The number of benzene rings is 1. The Morgan fingerprint density at radius 3 is 2.74 bits per heavy atom. The van der Waals surface area contributed by atoms with E-state index in [1.165, 1.54) is 28.0 Å². The van der Waals surface area contributed by atoms with Gasteiger partial charge in [0.05, 0.1) is 13.2 Å². The summed E-state index contributed by atoms with van der Waals surface area (Å²) in [5, 5.41) is 12.2. The normalized spacial score (nSPS) is 38.6. The lowest BCUT2D eigenvalue weighted by atomic mass is 9.51. The molecule has 0 unspecified atom stereocenters. The number of carbonyl (C=O) groups is 1. The average molecular weight is 514 g/mol. The molecular formula is C34H43NO3. The van der Waals surface area contributed by atoms with Crippen molar-refractivity contribution < 1.29 is 14.6 Å². The van der Waals surface area contributed by atoms with Gasteiger partial charge in [0.15, 0.2) is 5.78 Å². The monoisotopic (exact) mass is 513 g/mol. The van der Waals surface area contributed by atoms with Gasteiger partial charge in [0, 0.05) is 36.0 Å². The van der Waals surface area contributed by atoms with Crippen molar-refractivity contribution in [3.63, 3.8) is 0 Å². The second kappa shape index (κ2) is 9.39. The van der Waals surface area contributed by atoms with Crippen LogP contribution in [0, 0.1) is 41.9 Å². The average Bonchev–Trinajstić information content (AvgIpc) is 3.09. The molecular weight excluding hydrogens is 470 g/mol. The lowest BCUT2D eigenvalue weighted by Gasteiger charge is -2.54. The van der Waals surface area contributed by atoms with Crippen LogP contribution in [0.4, 0.5) is 5.69 Å². The van der Waals surface area contributed by atoms with Crippen LogP contribution in [0.15, 0.2) is 41.0 Å². The summed E-state index contributed by atoms with van der Waals surface area (Å²) in [6.07, 6.45) is 7.40. The van der Waals surface area contributed by atoms with E-state index < -0.39 is 5.60 Å². The highest BCUT2D eigenvalue weighted by Crippen LogP contribution is 2.68. The van der Waals surface area contributed by atoms with Crippen LogP contribution < -0.4 is 4.90 Å². The van der Waals surface area contributed by atoms with E-state index in [9.17, 15) is 9.90 Å². The van der Waals surface area contributed by atoms with Crippen molar-refractivity contribution in [2.24, 2.45) is 23.2 Å². The molecule has 0 aromatic heterocycles. The van der Waals surface area contributed by atoms with Gasteiger partial charge < -0.3 is 14.7 Å². The highest BCUT2D eigenvalue weighted by Gasteiger charge is 2.65. The van der Waals surface area contributed by atoms with Crippen molar-refractivity contribution in [2.45, 2.75) is 90.7 Å². The molecule has 1 aromatic rings. The molecule has 6 rings (SSSR count). The molecule has 3 fully saturated rings. The molecule has 202 valence electrons. The third-order valence-electron chi connectivity index (χ3n) is 11.0. The van der Waals surface area contributed by atoms with Crippen molar-refractivity contribution in [3.8, 4) is 11.8 Å². The number of aryl methyl sites for hydroxylation is 1. The predicted molar refractivity (Wildman–Crippen MR) is 152 cm³/mol. The number of ketones is 1. The molecule has 0 spiro atoms. The molecule has 2 saturated carbocycles. The fourth-order valence-electron chi connectivity index (χ4n) is 9.07. The van der Waals surface area contributed by atoms with Crippen LogP contribution in [0.5, 0.6) is 0 Å². The lowest BCUT2D eigenvalue weighted by molar-refractivity contribution is -0.114. The second-order valence-electron chi connectivity index (χ2n) is 12.9. The van der Waals surface area contributed by atoms with Gasteiger partial charge in [0.2, 0.25) is 0 Å². The SMILES string of the molecule is CC#C[C@]1(O)[C@H](C)C[C@H]2[C@@H]3CCC4=CC(=O)CCC4=C3[C@@H](c3ccc(N4CCOC[C@H]4C)cc3C)C[C@@]21C. The third-order valence-corrected chi connectivity index (χ3v) is 11.0. The Bertz CT molecular complexity index is 1280. The van der Waals surface area contributed by atoms with Crippen LogP contribution in [-0.4, -0.2) is 42.3 Å². The Labute approximate surface area is 228 Å². The summed E-state index contributed by atoms with van der Waals surface area (Å²) in [4.78, 5) is 14.8. The Hall–Kier alpha value is -2.35. The number of rotatable bonds is 2. The van der Waals surface area contributed by atoms with Crippen LogP contribution in [0.3, 0.4) is 0 Å². The molecule has 5 aliphatic rings. The third kappa shape index (κ3) is 3.76. The van der Waals surface area contributed by atoms with Crippen LogP contribution in [-0.2, 0) is 9.53 Å². The van der Waals surface area contributed by atoms with E-state index in [0.717, 1.165) is 51.9 Å². The number of anilines is 1. The lowest BCUT2D eigenvalue weighted by Crippen LogP contribution is -2.52. The number of ether oxygens (including phenoxy) is 1. The summed E-state index contributed by atoms with van der Waals surface area (Å²) in [5.41, 5.74) is 7.04. The van der Waals surface area contributed by atoms with Crippen LogP contribution in [0.2, 0.25) is 0 Å². The quantitative estimate of drug-likeness (QED) is 0.484. The van der Waals surface area contributed by atoms with Gasteiger partial charge in [0.1, 0.15) is 5.60 Å². The van der Waals surface area contributed by atoms with Crippen molar-refractivity contribution in [1.29, 1.82) is 0 Å². The molecule has 0 amide bonds. The fourth-order valence-corrected chi connectivity index (χ4v) is 9.07. The van der Waals surface area contributed by atoms with Gasteiger partial charge in [-0.25, -0.2) is 0 Å². The highest BCUT2D eigenvalue weighted by atomic mass is 16.5. The molecule has 1 N–H and O–H groups in total. The summed E-state index contributed by atoms with van der Waals surface area (Å²) in [5.74, 6) is 7.94. The first kappa shape index (κ1) is 25.9. The number of carbonyl (C=O) groups excluding carboxylic acids is 1. The first-order chi connectivity index (χ1) is 18.2. The topological polar surface area (TPSA) is 49.8 Å². The van der Waals surface area contributed by atoms with E-state index in [2.05, 4.69) is 62.6 Å². The Morgan fingerprint density at radius 2 is 2.00 bits per heavy atom. The number of aliphatic hydroxyl groups is 1. The van der Waals surface area contributed by atoms with E-state index >= 15 is 0 Å². The molecule has 0 radical (unpaired) electrons. The van der Waals surface area contributed by atoms with Crippen LogP contribution >= 0.6 is 0 Å². The minimum atomic E-state index is -0.976. The number of hydrogen-bond acceptors (Lipinski definition) is 4. The molecule has 4 heteroatoms. The van der Waals surface area contributed by atoms with Gasteiger partial charge in [0.25, 0.3) is 0 Å². The van der Waals surface area contributed by atoms with Crippen molar-refractivity contribution in [1.82, 2.24) is 0 Å². The van der Waals surface area contributed by atoms with Crippen LogP contribution in [0.1, 0.15) is 83.3 Å². The standard InChI is InChI=1S/C34H43NO3/c1-6-13-34(37)22(3)17-31-29-10-7-24-18-26(36)9-12-28(24)32(29)30(19-33(31,34)5)27-11-8-25(16-21(27)2)35-14-15-38-20-23(35)4/h8,11,16,18,22-23,29-31,37H,7,9-10,12,14-15,17,19-20H2,1-5H3/t22-,23-,29+,30-,31+,33+,34+/m1/s1. The van der Waals surface area contributed by atoms with E-state index in [1.807, 2.05) is 13.0 Å². The van der Waals surface area contributed by atoms with Gasteiger partial charge >= 0.3 is 0 Å². The summed E-state index contributed by atoms with van der Waals surface area (Å²) >= 11 is 0. The van der Waals surface area contributed by atoms with Crippen molar-refractivity contribution >= 4 is 11.5 Å². The largest absolute Gasteiger partial charge is 0.377 e. The van der Waals surface area contributed by atoms with Gasteiger partial charge in [-0.15, -0.1) is 5.92 Å². The molecule has 7 atom stereocenters. The highest BCUT2D eigenvalue weighted by molar-refractivity contribution is 5.93. The van der Waals surface area contributed by atoms with E-state index in [0.29, 0.717) is 24.3 Å². The number of hydrogen-bond donors (Lipinski definition) is 1. The molecule has 1 saturated heterocycles. The van der Waals surface area contributed by atoms with Gasteiger partial charge in [-0.05, 0) is 111 Å². The number of morpholine rings is 1. The summed E-state index contributed by atoms with van der Waals surface area (Å²) in [6, 6.07) is 7.40. The van der Waals surface area contributed by atoms with Gasteiger partial charge in [-0.1, -0.05) is 31.4 Å². The fraction of sp³-hybridized carbons (Fsp3) is 0.618. The minimum Gasteiger partial charge on any atom is -0.377 e. The Balaban J connectivity index is 1.49. The maximum absolute atomic E-state index is 12.4. The zero-order valence-corrected chi connectivity index (χ0v) is 23.8. The number of nitrogens with zero attached hydrogens (tertiary/aromatic N) is 1. The zero-order valence-electron chi connectivity index (χ0n) is 23.8. The summed E-state index contributed by atoms with van der Waals surface area (Å²) in [6.45, 7) is 13.3. The maximum atomic E-state index is 12.4. The Kier molecular flexibility index (Phi) is 6.40. The summed E-state index contributed by atoms with van der Waals surface area (Å²) in [7, 11) is 0.